The maximum absolute atomic E-state index is 6.37. The van der Waals surface area contributed by atoms with Gasteiger partial charge in [0, 0.05) is 105 Å². The van der Waals surface area contributed by atoms with E-state index < -0.39 is 0 Å². The van der Waals surface area contributed by atoms with Gasteiger partial charge in [0.15, 0.2) is 0 Å². The minimum atomic E-state index is -0.251. The SMILES string of the molecule is CC1(C)c2cc(-c3ccccc3)ccc2-c2ccc(N(c3ccc(-c4ccc(-c5ccc6c(c5)c5ccccc5n6-c5ccccc5)cc4)cc3)c3ccc4oc5ccccc5c4c3)cc21.CC1(C)c2cc(-c3ccccc3)ccc2-c2ccc(N(c3ccc4c(c3)C(C)(C)c3cc(-c5ccc6c(c5)c5ccccc5n6-c5ccccc5)ccc3-4)c3ccc4oc5ccccc5c4c3)cc21. The number of rotatable bonds is 13. The molecule has 3 aliphatic rings. The highest BCUT2D eigenvalue weighted by Crippen LogP contribution is 2.57. The molecule has 0 fully saturated rings. The van der Waals surface area contributed by atoms with Crippen LogP contribution in [0.25, 0.3) is 188 Å². The van der Waals surface area contributed by atoms with E-state index >= 15 is 0 Å². The molecule has 3 aliphatic carbocycles. The molecule has 20 aromatic carbocycles. The van der Waals surface area contributed by atoms with Crippen molar-refractivity contribution in [3.63, 3.8) is 0 Å². The molecule has 135 heavy (non-hydrogen) atoms. The summed E-state index contributed by atoms with van der Waals surface area (Å²) in [7, 11) is 0. The largest absolute Gasteiger partial charge is 0.456 e. The van der Waals surface area contributed by atoms with E-state index in [1.807, 2.05) is 18.2 Å². The molecule has 0 atom stereocenters. The van der Waals surface area contributed by atoms with Crippen molar-refractivity contribution in [3.8, 4) is 100 Å². The van der Waals surface area contributed by atoms with E-state index in [9.17, 15) is 0 Å². The number of benzene rings is 20. The van der Waals surface area contributed by atoms with Crippen molar-refractivity contribution in [2.45, 2.75) is 57.8 Å². The number of hydrogen-bond donors (Lipinski definition) is 0. The number of anilines is 6. The van der Waals surface area contributed by atoms with Gasteiger partial charge in [0.1, 0.15) is 22.3 Å². The number of furan rings is 2. The second-order valence-electron chi connectivity index (χ2n) is 38.3. The van der Waals surface area contributed by atoms with E-state index in [0.29, 0.717) is 0 Å². The molecule has 0 saturated carbocycles. The van der Waals surface area contributed by atoms with Crippen LogP contribution in [0.2, 0.25) is 0 Å². The Hall–Kier alpha value is -16.8. The van der Waals surface area contributed by atoms with Gasteiger partial charge >= 0.3 is 0 Å². The van der Waals surface area contributed by atoms with Crippen molar-refractivity contribution in [2.75, 3.05) is 9.80 Å². The van der Waals surface area contributed by atoms with Gasteiger partial charge in [0.05, 0.1) is 22.1 Å². The summed E-state index contributed by atoms with van der Waals surface area (Å²) in [6.45, 7) is 14.3. The van der Waals surface area contributed by atoms with Crippen molar-refractivity contribution in [1.82, 2.24) is 9.13 Å². The number of para-hydroxylation sites is 6. The van der Waals surface area contributed by atoms with Crippen LogP contribution in [0, 0.1) is 0 Å². The van der Waals surface area contributed by atoms with Crippen LogP contribution in [0.4, 0.5) is 34.1 Å². The Morgan fingerprint density at radius 3 is 0.815 bits per heavy atom. The second-order valence-corrected chi connectivity index (χ2v) is 38.3. The third-order valence-corrected chi connectivity index (χ3v) is 29.6. The maximum Gasteiger partial charge on any atom is 0.135 e. The molecule has 0 N–H and O–H groups in total. The number of fused-ring (bicyclic) bond motifs is 21. The first-order valence-electron chi connectivity index (χ1n) is 47.0. The van der Waals surface area contributed by atoms with Gasteiger partial charge in [-0.1, -0.05) is 315 Å². The Labute approximate surface area is 784 Å². The van der Waals surface area contributed by atoms with Crippen molar-refractivity contribution in [2.24, 2.45) is 0 Å². The summed E-state index contributed by atoms with van der Waals surface area (Å²) in [5, 5.41) is 9.49. The second kappa shape index (κ2) is 30.7. The monoisotopic (exact) mass is 1730 g/mol. The first kappa shape index (κ1) is 79.2. The van der Waals surface area contributed by atoms with E-state index in [4.69, 9.17) is 8.83 Å². The lowest BCUT2D eigenvalue weighted by molar-refractivity contribution is 0.660. The van der Waals surface area contributed by atoms with E-state index in [2.05, 4.69) is 491 Å². The summed E-state index contributed by atoms with van der Waals surface area (Å²) >= 11 is 0. The van der Waals surface area contributed by atoms with Gasteiger partial charge < -0.3 is 27.8 Å². The van der Waals surface area contributed by atoms with Crippen LogP contribution >= 0.6 is 0 Å². The fourth-order valence-electron chi connectivity index (χ4n) is 22.7. The summed E-state index contributed by atoms with van der Waals surface area (Å²) in [4.78, 5) is 4.86. The van der Waals surface area contributed by atoms with Crippen LogP contribution in [0.5, 0.6) is 0 Å². The third kappa shape index (κ3) is 12.8. The minimum Gasteiger partial charge on any atom is -0.456 e. The normalized spacial score (nSPS) is 13.4. The Morgan fingerprint density at radius 1 is 0.170 bits per heavy atom. The fourth-order valence-corrected chi connectivity index (χ4v) is 22.7. The van der Waals surface area contributed by atoms with Crippen LogP contribution in [-0.4, -0.2) is 9.13 Å². The summed E-state index contributed by atoms with van der Waals surface area (Å²) in [5.41, 5.74) is 44.8. The standard InChI is InChI=1S/C66H48N2O.C63H44N2O/c1-65(2)57-36-43(41-15-7-5-8-16-41)23-29-49(57)51-31-26-47(39-59(51)65)67(46-28-34-64-56(38-46)54-20-12-14-22-63(54)69-64)48-27-32-52-50-30-24-44(37-58(50)66(3,4)60(52)40-48)42-25-33-62-55(35-42)53-19-11-13-21-61(53)68(62)45-17-9-6-10-18-45;1-63(2)57-38-46(41-13-5-3-6-14-41)27-33-51(57)52-34-31-50(40-58(52)63)64(49-32-36-62-56(39-49)54-18-10-12-20-61(54)66-62)48-29-25-43(26-30-48)42-21-23-44(24-22-42)45-28-35-60-55(37-45)53-17-9-11-19-59(53)65(60)47-15-7-4-8-16-47/h5-40H,1-4H3;3-40H,1-2H3. The Morgan fingerprint density at radius 2 is 0.415 bits per heavy atom. The first-order chi connectivity index (χ1) is 66.2. The van der Waals surface area contributed by atoms with E-state index in [1.165, 1.54) is 177 Å². The van der Waals surface area contributed by atoms with Crippen LogP contribution in [0.15, 0.2) is 458 Å². The zero-order chi connectivity index (χ0) is 90.1. The maximum atomic E-state index is 6.37. The highest BCUT2D eigenvalue weighted by molar-refractivity contribution is 6.13. The zero-order valence-electron chi connectivity index (χ0n) is 75.8. The van der Waals surface area contributed by atoms with Gasteiger partial charge in [-0.05, 0) is 298 Å². The smallest absolute Gasteiger partial charge is 0.135 e. The molecule has 6 nitrogen and oxygen atoms in total. The highest BCUT2D eigenvalue weighted by atomic mass is 16.3. The molecular weight excluding hydrogens is 1640 g/mol. The van der Waals surface area contributed by atoms with Gasteiger partial charge in [0.2, 0.25) is 0 Å². The molecule has 27 rings (SSSR count). The van der Waals surface area contributed by atoms with Gasteiger partial charge in [-0.15, -0.1) is 0 Å². The molecule has 0 bridgehead atoms. The quantitative estimate of drug-likeness (QED) is 0.115. The van der Waals surface area contributed by atoms with Gasteiger partial charge in [-0.25, -0.2) is 0 Å². The highest BCUT2D eigenvalue weighted by Gasteiger charge is 2.41. The van der Waals surface area contributed by atoms with Crippen LogP contribution in [0.1, 0.15) is 74.9 Å². The molecule has 640 valence electrons. The third-order valence-electron chi connectivity index (χ3n) is 29.6. The van der Waals surface area contributed by atoms with Crippen LogP contribution in [-0.2, 0) is 16.2 Å². The summed E-state index contributed by atoms with van der Waals surface area (Å²) in [6.07, 6.45) is 0. The summed E-state index contributed by atoms with van der Waals surface area (Å²) in [6, 6.07) is 165. The molecular formula is C129H92N4O2. The van der Waals surface area contributed by atoms with E-state index in [1.54, 1.807) is 0 Å². The van der Waals surface area contributed by atoms with Crippen molar-refractivity contribution < 1.29 is 8.83 Å². The molecule has 24 aromatic rings. The molecule has 0 saturated heterocycles. The summed E-state index contributed by atoms with van der Waals surface area (Å²) < 4.78 is 17.4. The molecule has 6 heteroatoms. The molecule has 0 unspecified atom stereocenters. The number of nitrogens with zero attached hydrogens (tertiary/aromatic N) is 4. The molecule has 4 heterocycles. The summed E-state index contributed by atoms with van der Waals surface area (Å²) in [5.74, 6) is 0. The average Bonchev–Trinajstić information content (AvgIpc) is 1.57. The van der Waals surface area contributed by atoms with Crippen molar-refractivity contribution >= 4 is 122 Å². The predicted octanol–water partition coefficient (Wildman–Crippen LogP) is 35.6. The number of hydrogen-bond acceptors (Lipinski definition) is 4. The van der Waals surface area contributed by atoms with Crippen LogP contribution < -0.4 is 9.80 Å². The first-order valence-corrected chi connectivity index (χ1v) is 47.0. The predicted molar refractivity (Wildman–Crippen MR) is 565 cm³/mol. The van der Waals surface area contributed by atoms with Gasteiger partial charge in [-0.3, -0.25) is 0 Å². The minimum absolute atomic E-state index is 0.190. The molecule has 0 amide bonds. The zero-order valence-corrected chi connectivity index (χ0v) is 75.8. The molecule has 0 aliphatic heterocycles. The molecule has 0 spiro atoms. The van der Waals surface area contributed by atoms with Crippen LogP contribution in [0.3, 0.4) is 0 Å². The molecule has 4 aromatic heterocycles. The lowest BCUT2D eigenvalue weighted by Gasteiger charge is -2.30. The molecule has 0 radical (unpaired) electrons. The van der Waals surface area contributed by atoms with E-state index in [-0.39, 0.29) is 16.2 Å². The Balaban J connectivity index is 0.000000141. The van der Waals surface area contributed by atoms with E-state index in [0.717, 1.165) is 78.0 Å². The van der Waals surface area contributed by atoms with Crippen molar-refractivity contribution in [3.05, 3.63) is 482 Å². The Bertz CT molecular complexity index is 8930. The average molecular weight is 1730 g/mol. The Kier molecular flexibility index (Phi) is 18.0. The number of aromatic nitrogens is 2. The van der Waals surface area contributed by atoms with Crippen molar-refractivity contribution in [1.29, 1.82) is 0 Å². The lowest BCUT2D eigenvalue weighted by Crippen LogP contribution is -2.18. The topological polar surface area (TPSA) is 42.6 Å². The van der Waals surface area contributed by atoms with Gasteiger partial charge in [0.25, 0.3) is 0 Å². The lowest BCUT2D eigenvalue weighted by atomic mass is 9.81. The fraction of sp³-hybridized carbons (Fsp3) is 0.0698. The van der Waals surface area contributed by atoms with Gasteiger partial charge in [-0.2, -0.15) is 0 Å².